The molecule has 0 radical (unpaired) electrons. The van der Waals surface area contributed by atoms with Crippen LogP contribution in [0.3, 0.4) is 0 Å². The van der Waals surface area contributed by atoms with E-state index in [0.29, 0.717) is 37.1 Å². The van der Waals surface area contributed by atoms with Crippen LogP contribution in [0.5, 0.6) is 0 Å². The molecule has 3 aromatic rings. The minimum atomic E-state index is -0.898. The maximum Gasteiger partial charge on any atom is 0.407 e. The number of nitrogens with one attached hydrogen (secondary N) is 1. The maximum absolute atomic E-state index is 13.5. The standard InChI is InChI=1S/C33H44N6O4/c1-23(22-43-3)39(33(41)42)21-25-10-8-24(9-11-25)19-35-32(40)28-18-30(36-29-7-5-4-6-27(28)29)26-12-13-31(34-20-26)38-16-14-37(2)15-17-38/h4-7,12-13,18,20,23-25H,8-11,14-17,19,21-22H2,1-3H3,(H,35,40)(H,41,42)/t23?,24-,25-. The van der Waals surface area contributed by atoms with Gasteiger partial charge in [0.15, 0.2) is 0 Å². The molecule has 1 atom stereocenters. The number of anilines is 1. The third kappa shape index (κ3) is 7.61. The largest absolute Gasteiger partial charge is 0.465 e. The number of ether oxygens (including phenoxy) is 1. The number of hydrogen-bond acceptors (Lipinski definition) is 7. The van der Waals surface area contributed by atoms with Crippen molar-refractivity contribution in [3.05, 3.63) is 54.2 Å². The molecule has 0 spiro atoms. The molecule has 0 bridgehead atoms. The van der Waals surface area contributed by atoms with Gasteiger partial charge in [0.1, 0.15) is 5.82 Å². The molecule has 2 amide bonds. The second kappa shape index (κ2) is 14.1. The Balaban J connectivity index is 1.22. The lowest BCUT2D eigenvalue weighted by molar-refractivity contribution is 0.0710. The topological polar surface area (TPSA) is 111 Å². The summed E-state index contributed by atoms with van der Waals surface area (Å²) in [6.45, 7) is 7.34. The van der Waals surface area contributed by atoms with Crippen LogP contribution in [0.25, 0.3) is 22.2 Å². The number of amides is 2. The number of nitrogens with zero attached hydrogens (tertiary/aromatic N) is 5. The maximum atomic E-state index is 13.5. The number of rotatable bonds is 10. The molecule has 2 aromatic heterocycles. The molecule has 10 heteroatoms. The first-order chi connectivity index (χ1) is 20.8. The van der Waals surface area contributed by atoms with Gasteiger partial charge >= 0.3 is 6.09 Å². The molecule has 1 aromatic carbocycles. The monoisotopic (exact) mass is 588 g/mol. The van der Waals surface area contributed by atoms with E-state index in [4.69, 9.17) is 14.7 Å². The number of benzene rings is 1. The predicted octanol–water partition coefficient (Wildman–Crippen LogP) is 4.60. The third-order valence-electron chi connectivity index (χ3n) is 8.99. The normalized spacial score (nSPS) is 20.1. The van der Waals surface area contributed by atoms with Crippen LogP contribution in [0.2, 0.25) is 0 Å². The lowest BCUT2D eigenvalue weighted by atomic mass is 9.81. The van der Waals surface area contributed by atoms with E-state index in [1.54, 1.807) is 7.11 Å². The number of piperazine rings is 1. The van der Waals surface area contributed by atoms with Gasteiger partial charge in [-0.1, -0.05) is 18.2 Å². The molecule has 43 heavy (non-hydrogen) atoms. The van der Waals surface area contributed by atoms with Crippen molar-refractivity contribution >= 4 is 28.7 Å². The predicted molar refractivity (Wildman–Crippen MR) is 169 cm³/mol. The van der Waals surface area contributed by atoms with Crippen LogP contribution >= 0.6 is 0 Å². The van der Waals surface area contributed by atoms with Gasteiger partial charge < -0.3 is 29.9 Å². The summed E-state index contributed by atoms with van der Waals surface area (Å²) in [6.07, 6.45) is 4.78. The Morgan fingerprint density at radius 3 is 2.47 bits per heavy atom. The Bertz CT molecular complexity index is 1380. The number of fused-ring (bicyclic) bond motifs is 1. The number of carbonyl (C=O) groups is 2. The summed E-state index contributed by atoms with van der Waals surface area (Å²) >= 11 is 0. The summed E-state index contributed by atoms with van der Waals surface area (Å²) in [5, 5.41) is 13.7. The number of likely N-dealkylation sites (N-methyl/N-ethyl adjacent to an activating group) is 1. The number of aromatic nitrogens is 2. The van der Waals surface area contributed by atoms with Crippen molar-refractivity contribution in [1.29, 1.82) is 0 Å². The third-order valence-corrected chi connectivity index (χ3v) is 8.99. The number of methoxy groups -OCH3 is 1. The Morgan fingerprint density at radius 2 is 1.79 bits per heavy atom. The second-order valence-electron chi connectivity index (χ2n) is 12.1. The average Bonchev–Trinajstić information content (AvgIpc) is 3.03. The second-order valence-corrected chi connectivity index (χ2v) is 12.1. The van der Waals surface area contributed by atoms with Crippen molar-refractivity contribution in [3.8, 4) is 11.3 Å². The fourth-order valence-electron chi connectivity index (χ4n) is 6.28. The van der Waals surface area contributed by atoms with E-state index in [2.05, 4.69) is 22.2 Å². The fraction of sp³-hybridized carbons (Fsp3) is 0.515. The van der Waals surface area contributed by atoms with Crippen LogP contribution in [-0.2, 0) is 4.74 Å². The van der Waals surface area contributed by atoms with Crippen LogP contribution < -0.4 is 10.2 Å². The Morgan fingerprint density at radius 1 is 1.07 bits per heavy atom. The summed E-state index contributed by atoms with van der Waals surface area (Å²) in [7, 11) is 3.73. The number of carboxylic acid groups (broad SMARTS) is 1. The van der Waals surface area contributed by atoms with Crippen LogP contribution in [0.15, 0.2) is 48.7 Å². The van der Waals surface area contributed by atoms with Crippen LogP contribution in [-0.4, -0.2) is 103 Å². The molecule has 2 N–H and O–H groups in total. The van der Waals surface area contributed by atoms with Gasteiger partial charge in [0.25, 0.3) is 5.91 Å². The summed E-state index contributed by atoms with van der Waals surface area (Å²) in [4.78, 5) is 41.0. The van der Waals surface area contributed by atoms with Crippen molar-refractivity contribution in [1.82, 2.24) is 25.1 Å². The van der Waals surface area contributed by atoms with Crippen molar-refractivity contribution in [2.45, 2.75) is 38.6 Å². The quantitative estimate of drug-likeness (QED) is 0.354. The van der Waals surface area contributed by atoms with E-state index in [0.717, 1.165) is 79.8 Å². The molecule has 3 heterocycles. The molecule has 10 nitrogen and oxygen atoms in total. The first-order valence-electron chi connectivity index (χ1n) is 15.4. The SMILES string of the molecule is COCC(C)N(C[C@H]1CC[C@H](CNC(=O)c2cc(-c3ccc(N4CCN(C)CC4)nc3)nc3ccccc23)CC1)C(=O)O. The van der Waals surface area contributed by atoms with Gasteiger partial charge in [0.05, 0.1) is 29.4 Å². The van der Waals surface area contributed by atoms with Crippen molar-refractivity contribution in [2.24, 2.45) is 11.8 Å². The summed E-state index contributed by atoms with van der Waals surface area (Å²) < 4.78 is 5.17. The first kappa shape index (κ1) is 30.7. The highest BCUT2D eigenvalue weighted by Crippen LogP contribution is 2.30. The van der Waals surface area contributed by atoms with Crippen molar-refractivity contribution in [2.75, 3.05) is 64.9 Å². The highest BCUT2D eigenvalue weighted by atomic mass is 16.5. The number of pyridine rings is 2. The van der Waals surface area contributed by atoms with Crippen LogP contribution in [0, 0.1) is 11.8 Å². The Hall–Kier alpha value is -3.76. The van der Waals surface area contributed by atoms with E-state index >= 15 is 0 Å². The zero-order valence-corrected chi connectivity index (χ0v) is 25.5. The summed E-state index contributed by atoms with van der Waals surface area (Å²) in [5.74, 6) is 1.55. The summed E-state index contributed by atoms with van der Waals surface area (Å²) in [6, 6.07) is 13.5. The minimum Gasteiger partial charge on any atom is -0.465 e. The molecule has 2 fully saturated rings. The van der Waals surface area contributed by atoms with Gasteiger partial charge in [-0.25, -0.2) is 14.8 Å². The van der Waals surface area contributed by atoms with Gasteiger partial charge in [0, 0.05) is 63.5 Å². The van der Waals surface area contributed by atoms with Gasteiger partial charge in [-0.3, -0.25) is 4.79 Å². The van der Waals surface area contributed by atoms with Crippen LogP contribution in [0.4, 0.5) is 10.6 Å². The van der Waals surface area contributed by atoms with Gasteiger partial charge in [-0.05, 0) is 75.8 Å². The number of hydrogen-bond donors (Lipinski definition) is 2. The highest BCUT2D eigenvalue weighted by molar-refractivity contribution is 6.07. The molecule has 1 unspecified atom stereocenters. The molecule has 1 aliphatic carbocycles. The van der Waals surface area contributed by atoms with E-state index in [1.807, 2.05) is 55.6 Å². The molecule has 1 aliphatic heterocycles. The van der Waals surface area contributed by atoms with Crippen molar-refractivity contribution < 1.29 is 19.4 Å². The van der Waals surface area contributed by atoms with E-state index in [9.17, 15) is 14.7 Å². The van der Waals surface area contributed by atoms with Crippen LogP contribution in [0.1, 0.15) is 43.0 Å². The zero-order chi connectivity index (χ0) is 30.3. The fourth-order valence-corrected chi connectivity index (χ4v) is 6.28. The minimum absolute atomic E-state index is 0.102. The lowest BCUT2D eigenvalue weighted by Gasteiger charge is -2.34. The zero-order valence-electron chi connectivity index (χ0n) is 25.5. The number of para-hydroxylation sites is 1. The molecule has 230 valence electrons. The molecule has 2 aliphatic rings. The average molecular weight is 589 g/mol. The van der Waals surface area contributed by atoms with Gasteiger partial charge in [-0.15, -0.1) is 0 Å². The molecule has 5 rings (SSSR count). The highest BCUT2D eigenvalue weighted by Gasteiger charge is 2.28. The number of carbonyl (C=O) groups excluding carboxylic acids is 1. The molecule has 1 saturated heterocycles. The van der Waals surface area contributed by atoms with E-state index < -0.39 is 6.09 Å². The first-order valence-corrected chi connectivity index (χ1v) is 15.4. The van der Waals surface area contributed by atoms with Crippen molar-refractivity contribution in [3.63, 3.8) is 0 Å². The van der Waals surface area contributed by atoms with E-state index in [1.165, 1.54) is 4.90 Å². The lowest BCUT2D eigenvalue weighted by Crippen LogP contribution is -2.44. The van der Waals surface area contributed by atoms with Gasteiger partial charge in [0.2, 0.25) is 0 Å². The molecular weight excluding hydrogens is 544 g/mol. The Labute approximate surface area is 254 Å². The summed E-state index contributed by atoms with van der Waals surface area (Å²) in [5.41, 5.74) is 3.00. The molecular formula is C33H44N6O4. The Kier molecular flexibility index (Phi) is 10.1. The smallest absolute Gasteiger partial charge is 0.407 e. The molecule has 1 saturated carbocycles. The van der Waals surface area contributed by atoms with Gasteiger partial charge in [-0.2, -0.15) is 0 Å². The van der Waals surface area contributed by atoms with E-state index in [-0.39, 0.29) is 11.9 Å².